The molecule has 0 saturated heterocycles. The molecule has 0 amide bonds. The van der Waals surface area contributed by atoms with Crippen LogP contribution in [0.1, 0.15) is 30.7 Å². The molecule has 2 aromatic rings. The molecule has 1 atom stereocenters. The lowest BCUT2D eigenvalue weighted by Crippen LogP contribution is -2.39. The predicted octanol–water partition coefficient (Wildman–Crippen LogP) is 4.15. The Bertz CT molecular complexity index is 1000. The summed E-state index contributed by atoms with van der Waals surface area (Å²) in [6, 6.07) is 15.6. The molecular formula is C21H17BrN4O. The fourth-order valence-corrected chi connectivity index (χ4v) is 4.06. The average molecular weight is 421 g/mol. The van der Waals surface area contributed by atoms with E-state index in [4.69, 9.17) is 5.73 Å². The highest BCUT2D eigenvalue weighted by Crippen LogP contribution is 2.45. The maximum Gasteiger partial charge on any atom is 0.161 e. The van der Waals surface area contributed by atoms with E-state index in [1.165, 1.54) is 0 Å². The lowest BCUT2D eigenvalue weighted by atomic mass is 9.75. The van der Waals surface area contributed by atoms with Crippen LogP contribution in [0, 0.1) is 11.3 Å². The molecule has 1 aromatic heterocycles. The van der Waals surface area contributed by atoms with Crippen LogP contribution in [0.4, 0.5) is 5.82 Å². The highest BCUT2D eigenvalue weighted by atomic mass is 79.9. The standard InChI is InChI=1S/C21H17BrN4O/c22-14-9-10-18(25-12-14)26-16-7-4-8-17(27)20(16)19(15(11-23)21(26)24)13-5-2-1-3-6-13/h1-3,5-6,9-10,12,19H,4,7-8,24H2. The first-order valence-electron chi connectivity index (χ1n) is 8.74. The molecule has 0 fully saturated rings. The smallest absolute Gasteiger partial charge is 0.161 e. The minimum atomic E-state index is -0.425. The minimum Gasteiger partial charge on any atom is -0.384 e. The van der Waals surface area contributed by atoms with Crippen LogP contribution in [0.25, 0.3) is 0 Å². The van der Waals surface area contributed by atoms with Gasteiger partial charge in [0.05, 0.1) is 17.6 Å². The fourth-order valence-electron chi connectivity index (χ4n) is 3.83. The monoisotopic (exact) mass is 420 g/mol. The molecular weight excluding hydrogens is 404 g/mol. The number of allylic oxidation sites excluding steroid dienone is 3. The van der Waals surface area contributed by atoms with Crippen molar-refractivity contribution in [1.29, 1.82) is 5.26 Å². The molecule has 0 bridgehead atoms. The molecule has 27 heavy (non-hydrogen) atoms. The van der Waals surface area contributed by atoms with Crippen LogP contribution in [-0.4, -0.2) is 10.8 Å². The number of Topliss-reactive ketones (excluding diaryl/α,β-unsaturated/α-hetero) is 1. The number of pyridine rings is 1. The molecule has 1 unspecified atom stereocenters. The fraction of sp³-hybridized carbons (Fsp3) is 0.190. The van der Waals surface area contributed by atoms with Crippen LogP contribution < -0.4 is 10.6 Å². The van der Waals surface area contributed by atoms with Crippen molar-refractivity contribution in [3.8, 4) is 6.07 Å². The van der Waals surface area contributed by atoms with Crippen molar-refractivity contribution in [2.24, 2.45) is 5.73 Å². The summed E-state index contributed by atoms with van der Waals surface area (Å²) in [6.07, 6.45) is 3.66. The van der Waals surface area contributed by atoms with E-state index in [9.17, 15) is 10.1 Å². The van der Waals surface area contributed by atoms with Gasteiger partial charge in [0.1, 0.15) is 11.6 Å². The van der Waals surface area contributed by atoms with Crippen LogP contribution in [-0.2, 0) is 4.79 Å². The van der Waals surface area contributed by atoms with Crippen molar-refractivity contribution in [2.75, 3.05) is 4.90 Å². The molecule has 6 heteroatoms. The zero-order chi connectivity index (χ0) is 19.0. The highest BCUT2D eigenvalue weighted by molar-refractivity contribution is 9.10. The van der Waals surface area contributed by atoms with Gasteiger partial charge in [0.2, 0.25) is 0 Å². The zero-order valence-electron chi connectivity index (χ0n) is 14.5. The SMILES string of the molecule is N#CC1=C(N)N(c2ccc(Br)cn2)C2=C(C(=O)CCC2)C1c1ccccc1. The third-order valence-electron chi connectivity index (χ3n) is 4.99. The molecule has 2 aliphatic rings. The third-order valence-corrected chi connectivity index (χ3v) is 5.46. The summed E-state index contributed by atoms with van der Waals surface area (Å²) in [5.41, 5.74) is 9.29. The number of carbonyl (C=O) groups is 1. The van der Waals surface area contributed by atoms with E-state index in [1.54, 1.807) is 11.1 Å². The van der Waals surface area contributed by atoms with Crippen LogP contribution in [0.2, 0.25) is 0 Å². The van der Waals surface area contributed by atoms with Crippen LogP contribution >= 0.6 is 15.9 Å². The van der Waals surface area contributed by atoms with Crippen molar-refractivity contribution in [2.45, 2.75) is 25.2 Å². The second kappa shape index (κ2) is 7.01. The Labute approximate surface area is 165 Å². The molecule has 0 saturated carbocycles. The second-order valence-electron chi connectivity index (χ2n) is 6.56. The van der Waals surface area contributed by atoms with Crippen molar-refractivity contribution < 1.29 is 4.79 Å². The van der Waals surface area contributed by atoms with Gasteiger partial charge in [-0.2, -0.15) is 5.26 Å². The predicted molar refractivity (Wildman–Crippen MR) is 106 cm³/mol. The van der Waals surface area contributed by atoms with Gasteiger partial charge in [0.25, 0.3) is 0 Å². The number of benzene rings is 1. The first-order chi connectivity index (χ1) is 13.1. The van der Waals surface area contributed by atoms with E-state index in [1.807, 2.05) is 42.5 Å². The Morgan fingerprint density at radius 1 is 1.19 bits per heavy atom. The largest absolute Gasteiger partial charge is 0.384 e. The zero-order valence-corrected chi connectivity index (χ0v) is 16.1. The number of nitrogens with zero attached hydrogens (tertiary/aromatic N) is 3. The number of rotatable bonds is 2. The first-order valence-corrected chi connectivity index (χ1v) is 9.53. The summed E-state index contributed by atoms with van der Waals surface area (Å²) < 4.78 is 0.849. The van der Waals surface area contributed by atoms with Gasteiger partial charge in [-0.15, -0.1) is 0 Å². The highest BCUT2D eigenvalue weighted by Gasteiger charge is 2.40. The van der Waals surface area contributed by atoms with Gasteiger partial charge in [-0.3, -0.25) is 9.69 Å². The molecule has 1 aromatic carbocycles. The Morgan fingerprint density at radius 2 is 1.96 bits per heavy atom. The number of halogens is 1. The first kappa shape index (κ1) is 17.5. The lowest BCUT2D eigenvalue weighted by Gasteiger charge is -2.39. The quantitative estimate of drug-likeness (QED) is 0.788. The number of carbonyl (C=O) groups excluding carboxylic acids is 1. The summed E-state index contributed by atoms with van der Waals surface area (Å²) in [4.78, 5) is 19.1. The lowest BCUT2D eigenvalue weighted by molar-refractivity contribution is -0.116. The number of nitriles is 1. The van der Waals surface area contributed by atoms with Crippen molar-refractivity contribution >= 4 is 27.5 Å². The Hall–Kier alpha value is -2.91. The van der Waals surface area contributed by atoms with E-state index in [0.29, 0.717) is 29.2 Å². The van der Waals surface area contributed by atoms with E-state index in [2.05, 4.69) is 27.0 Å². The third kappa shape index (κ3) is 2.94. The Kier molecular flexibility index (Phi) is 4.54. The number of aromatic nitrogens is 1. The van der Waals surface area contributed by atoms with Crippen molar-refractivity contribution in [3.63, 3.8) is 0 Å². The van der Waals surface area contributed by atoms with Gasteiger partial charge >= 0.3 is 0 Å². The Balaban J connectivity index is 1.96. The van der Waals surface area contributed by atoms with Gasteiger partial charge < -0.3 is 5.73 Å². The molecule has 1 aliphatic carbocycles. The molecule has 1 aliphatic heterocycles. The molecule has 134 valence electrons. The molecule has 0 spiro atoms. The average Bonchev–Trinajstić information content (AvgIpc) is 2.69. The maximum atomic E-state index is 12.9. The molecule has 0 radical (unpaired) electrons. The van der Waals surface area contributed by atoms with Crippen molar-refractivity contribution in [1.82, 2.24) is 4.98 Å². The number of ketones is 1. The van der Waals surface area contributed by atoms with E-state index in [0.717, 1.165) is 28.6 Å². The number of hydrogen-bond acceptors (Lipinski definition) is 5. The van der Waals surface area contributed by atoms with Gasteiger partial charge in [-0.25, -0.2) is 4.98 Å². The summed E-state index contributed by atoms with van der Waals surface area (Å²) >= 11 is 3.39. The Morgan fingerprint density at radius 3 is 2.63 bits per heavy atom. The summed E-state index contributed by atoms with van der Waals surface area (Å²) in [6.45, 7) is 0. The van der Waals surface area contributed by atoms with Gasteiger partial charge in [-0.1, -0.05) is 30.3 Å². The van der Waals surface area contributed by atoms with E-state index >= 15 is 0 Å². The minimum absolute atomic E-state index is 0.0764. The normalized spacial score (nSPS) is 19.8. The second-order valence-corrected chi connectivity index (χ2v) is 7.48. The van der Waals surface area contributed by atoms with Crippen LogP contribution in [0.3, 0.4) is 0 Å². The topological polar surface area (TPSA) is 83.0 Å². The maximum absolute atomic E-state index is 12.9. The molecule has 2 N–H and O–H groups in total. The van der Waals surface area contributed by atoms with Gasteiger partial charge in [-0.05, 0) is 46.5 Å². The van der Waals surface area contributed by atoms with Gasteiger partial charge in [0.15, 0.2) is 5.78 Å². The molecule has 4 rings (SSSR count). The molecule has 5 nitrogen and oxygen atoms in total. The summed E-state index contributed by atoms with van der Waals surface area (Å²) in [5, 5.41) is 9.90. The van der Waals surface area contributed by atoms with E-state index < -0.39 is 5.92 Å². The summed E-state index contributed by atoms with van der Waals surface area (Å²) in [7, 11) is 0. The number of anilines is 1. The number of hydrogen-bond donors (Lipinski definition) is 1. The van der Waals surface area contributed by atoms with E-state index in [-0.39, 0.29) is 5.78 Å². The van der Waals surface area contributed by atoms with Crippen LogP contribution in [0.5, 0.6) is 0 Å². The van der Waals surface area contributed by atoms with Gasteiger partial charge in [0, 0.05) is 28.4 Å². The number of nitrogens with two attached hydrogens (primary N) is 1. The molecule has 2 heterocycles. The van der Waals surface area contributed by atoms with Crippen LogP contribution in [0.15, 0.2) is 75.8 Å². The van der Waals surface area contributed by atoms with Crippen molar-refractivity contribution in [3.05, 3.63) is 81.4 Å². The summed E-state index contributed by atoms with van der Waals surface area (Å²) in [5.74, 6) is 0.602.